The lowest BCUT2D eigenvalue weighted by atomic mass is 9.93. The van der Waals surface area contributed by atoms with Crippen LogP contribution in [0.1, 0.15) is 24.2 Å². The molecule has 0 unspecified atom stereocenters. The Morgan fingerprint density at radius 1 is 1.35 bits per heavy atom. The first-order valence-electron chi connectivity index (χ1n) is 7.07. The van der Waals surface area contributed by atoms with Crippen molar-refractivity contribution in [3.8, 4) is 11.5 Å². The van der Waals surface area contributed by atoms with Crippen molar-refractivity contribution in [2.75, 3.05) is 20.1 Å². The average molecular weight is 340 g/mol. The molecule has 1 amide bonds. The fraction of sp³-hybridized carbons (Fsp3) is 0.375. The van der Waals surface area contributed by atoms with Crippen LogP contribution in [0.2, 0.25) is 0 Å². The van der Waals surface area contributed by atoms with Crippen LogP contribution in [0.25, 0.3) is 11.5 Å². The summed E-state index contributed by atoms with van der Waals surface area (Å²) < 4.78 is 5.22. The number of nitrogens with zero attached hydrogens (tertiary/aromatic N) is 1. The zero-order valence-electron chi connectivity index (χ0n) is 13.5. The number of furan rings is 1. The van der Waals surface area contributed by atoms with Crippen LogP contribution in [0.3, 0.4) is 0 Å². The lowest BCUT2D eigenvalue weighted by Gasteiger charge is -2.28. The van der Waals surface area contributed by atoms with Gasteiger partial charge in [0.05, 0.1) is 12.0 Å². The van der Waals surface area contributed by atoms with E-state index in [0.29, 0.717) is 24.5 Å². The van der Waals surface area contributed by atoms with Crippen molar-refractivity contribution in [3.05, 3.63) is 46.4 Å². The molecule has 23 heavy (non-hydrogen) atoms. The van der Waals surface area contributed by atoms with E-state index < -0.39 is 5.56 Å². The third kappa shape index (κ3) is 4.46. The van der Waals surface area contributed by atoms with Gasteiger partial charge in [0.2, 0.25) is 0 Å². The normalized spacial score (nSPS) is 11.0. The molecule has 7 heteroatoms. The third-order valence-electron chi connectivity index (χ3n) is 3.49. The van der Waals surface area contributed by atoms with Crippen molar-refractivity contribution in [3.63, 3.8) is 0 Å². The van der Waals surface area contributed by atoms with Gasteiger partial charge in [0.1, 0.15) is 11.3 Å². The number of aromatic amines is 1. The van der Waals surface area contributed by atoms with Gasteiger partial charge in [-0.15, -0.1) is 12.4 Å². The van der Waals surface area contributed by atoms with Crippen LogP contribution in [-0.4, -0.2) is 35.9 Å². The minimum Gasteiger partial charge on any atom is -0.463 e. The molecule has 0 saturated heterocycles. The average Bonchev–Trinajstić information content (AvgIpc) is 3.00. The number of rotatable bonds is 5. The van der Waals surface area contributed by atoms with Crippen molar-refractivity contribution in [1.82, 2.24) is 9.88 Å². The van der Waals surface area contributed by atoms with Gasteiger partial charge in [-0.25, -0.2) is 0 Å². The second-order valence-electron chi connectivity index (χ2n) is 6.12. The van der Waals surface area contributed by atoms with Gasteiger partial charge in [0, 0.05) is 13.6 Å². The number of carbonyl (C=O) groups is 1. The van der Waals surface area contributed by atoms with Gasteiger partial charge < -0.3 is 20.0 Å². The maximum absolute atomic E-state index is 12.4. The maximum atomic E-state index is 12.4. The van der Waals surface area contributed by atoms with E-state index in [9.17, 15) is 9.59 Å². The number of hydrogen-bond acceptors (Lipinski definition) is 4. The van der Waals surface area contributed by atoms with E-state index in [0.717, 1.165) is 0 Å². The summed E-state index contributed by atoms with van der Waals surface area (Å²) in [7, 11) is 1.67. The molecule has 126 valence electrons. The molecule has 0 spiro atoms. The van der Waals surface area contributed by atoms with Gasteiger partial charge >= 0.3 is 0 Å². The first-order chi connectivity index (χ1) is 10.3. The van der Waals surface area contributed by atoms with E-state index in [1.165, 1.54) is 17.2 Å². The van der Waals surface area contributed by atoms with Crippen LogP contribution in [-0.2, 0) is 0 Å². The van der Waals surface area contributed by atoms with Crippen molar-refractivity contribution in [2.45, 2.75) is 13.8 Å². The Bertz CT molecular complexity index is 708. The molecule has 0 aliphatic carbocycles. The summed E-state index contributed by atoms with van der Waals surface area (Å²) in [6, 6.07) is 6.65. The van der Waals surface area contributed by atoms with E-state index in [4.69, 9.17) is 10.2 Å². The van der Waals surface area contributed by atoms with Gasteiger partial charge in [0.15, 0.2) is 0 Å². The fourth-order valence-electron chi connectivity index (χ4n) is 2.20. The Morgan fingerprint density at radius 3 is 2.57 bits per heavy atom. The van der Waals surface area contributed by atoms with Gasteiger partial charge in [-0.2, -0.15) is 0 Å². The number of H-pyrrole nitrogens is 1. The zero-order chi connectivity index (χ0) is 16.3. The van der Waals surface area contributed by atoms with E-state index in [-0.39, 0.29) is 29.3 Å². The van der Waals surface area contributed by atoms with E-state index in [1.54, 1.807) is 25.2 Å². The van der Waals surface area contributed by atoms with Crippen molar-refractivity contribution < 1.29 is 9.21 Å². The topological polar surface area (TPSA) is 92.3 Å². The van der Waals surface area contributed by atoms with Crippen LogP contribution in [0, 0.1) is 5.41 Å². The van der Waals surface area contributed by atoms with Crippen LogP contribution < -0.4 is 11.3 Å². The molecule has 2 heterocycles. The summed E-state index contributed by atoms with van der Waals surface area (Å²) in [6.45, 7) is 4.88. The van der Waals surface area contributed by atoms with E-state index >= 15 is 0 Å². The zero-order valence-corrected chi connectivity index (χ0v) is 14.3. The van der Waals surface area contributed by atoms with E-state index in [2.05, 4.69) is 4.98 Å². The maximum Gasteiger partial charge on any atom is 0.261 e. The number of amides is 1. The minimum atomic E-state index is -0.434. The lowest BCUT2D eigenvalue weighted by Crippen LogP contribution is -2.41. The molecular formula is C16H22ClN3O3. The number of nitrogens with two attached hydrogens (primary N) is 1. The summed E-state index contributed by atoms with van der Waals surface area (Å²) in [6.07, 6.45) is 1.52. The number of halogens is 1. The number of hydrogen-bond donors (Lipinski definition) is 2. The van der Waals surface area contributed by atoms with Crippen molar-refractivity contribution >= 4 is 18.3 Å². The Kier molecular flexibility index (Phi) is 6.18. The number of nitrogens with one attached hydrogen (secondary N) is 1. The quantitative estimate of drug-likeness (QED) is 0.872. The molecule has 0 aliphatic heterocycles. The smallest absolute Gasteiger partial charge is 0.261 e. The summed E-state index contributed by atoms with van der Waals surface area (Å²) >= 11 is 0. The van der Waals surface area contributed by atoms with Crippen LogP contribution in [0.5, 0.6) is 0 Å². The van der Waals surface area contributed by atoms with Crippen molar-refractivity contribution in [2.24, 2.45) is 11.1 Å². The lowest BCUT2D eigenvalue weighted by molar-refractivity contribution is 0.0739. The highest BCUT2D eigenvalue weighted by molar-refractivity contribution is 5.93. The van der Waals surface area contributed by atoms with Crippen LogP contribution in [0.4, 0.5) is 0 Å². The molecule has 0 saturated carbocycles. The predicted octanol–water partition coefficient (Wildman–Crippen LogP) is 2.11. The Labute approximate surface area is 141 Å². The first kappa shape index (κ1) is 19.0. The molecule has 0 bridgehead atoms. The minimum absolute atomic E-state index is 0. The highest BCUT2D eigenvalue weighted by Gasteiger charge is 2.23. The van der Waals surface area contributed by atoms with Gasteiger partial charge in [0.25, 0.3) is 11.5 Å². The standard InChI is InChI=1S/C16H21N3O3.ClH/c1-16(2,9-17)10-19(3)15(21)11-6-7-12(18-14(11)20)13-5-4-8-22-13;/h4-8H,9-10,17H2,1-3H3,(H,18,20);1H. The van der Waals surface area contributed by atoms with E-state index in [1.807, 2.05) is 13.8 Å². The second kappa shape index (κ2) is 7.48. The van der Waals surface area contributed by atoms with Crippen molar-refractivity contribution in [1.29, 1.82) is 0 Å². The molecule has 2 rings (SSSR count). The number of aromatic nitrogens is 1. The fourth-order valence-corrected chi connectivity index (χ4v) is 2.20. The molecule has 3 N–H and O–H groups in total. The summed E-state index contributed by atoms with van der Waals surface area (Å²) in [4.78, 5) is 28.7. The Morgan fingerprint density at radius 2 is 2.04 bits per heavy atom. The molecule has 0 atom stereocenters. The van der Waals surface area contributed by atoms with Gasteiger partial charge in [-0.3, -0.25) is 9.59 Å². The molecule has 2 aromatic rings. The Balaban J connectivity index is 0.00000264. The highest BCUT2D eigenvalue weighted by atomic mass is 35.5. The number of carbonyl (C=O) groups excluding carboxylic acids is 1. The first-order valence-corrected chi connectivity index (χ1v) is 7.07. The van der Waals surface area contributed by atoms with Crippen LogP contribution in [0.15, 0.2) is 39.7 Å². The van der Waals surface area contributed by atoms with Gasteiger partial charge in [-0.1, -0.05) is 13.8 Å². The summed E-state index contributed by atoms with van der Waals surface area (Å²) in [5.41, 5.74) is 5.68. The molecule has 2 aromatic heterocycles. The summed E-state index contributed by atoms with van der Waals surface area (Å²) in [5, 5.41) is 0. The summed E-state index contributed by atoms with van der Waals surface area (Å²) in [5.74, 6) is 0.225. The predicted molar refractivity (Wildman–Crippen MR) is 91.8 cm³/mol. The molecule has 0 aliphatic rings. The monoisotopic (exact) mass is 339 g/mol. The number of pyridine rings is 1. The van der Waals surface area contributed by atoms with Crippen LogP contribution >= 0.6 is 12.4 Å². The largest absolute Gasteiger partial charge is 0.463 e. The third-order valence-corrected chi connectivity index (χ3v) is 3.49. The molecular weight excluding hydrogens is 318 g/mol. The molecule has 0 fully saturated rings. The molecule has 0 radical (unpaired) electrons. The SMILES string of the molecule is CN(CC(C)(C)CN)C(=O)c1ccc(-c2ccco2)[nH]c1=O.Cl. The second-order valence-corrected chi connectivity index (χ2v) is 6.12. The molecule has 0 aromatic carbocycles. The Hall–Kier alpha value is -2.05. The van der Waals surface area contributed by atoms with Gasteiger partial charge in [-0.05, 0) is 36.2 Å². The molecule has 6 nitrogen and oxygen atoms in total. The highest BCUT2D eigenvalue weighted by Crippen LogP contribution is 2.17.